The molecule has 0 unspecified atom stereocenters. The zero-order chi connectivity index (χ0) is 14.7. The Morgan fingerprint density at radius 1 is 1.29 bits per heavy atom. The van der Waals surface area contributed by atoms with Crippen molar-refractivity contribution in [3.63, 3.8) is 0 Å². The van der Waals surface area contributed by atoms with Gasteiger partial charge in [0.1, 0.15) is 5.82 Å². The van der Waals surface area contributed by atoms with Gasteiger partial charge >= 0.3 is 0 Å². The summed E-state index contributed by atoms with van der Waals surface area (Å²) in [5, 5.41) is 3.45. The fraction of sp³-hybridized carbons (Fsp3) is 0.611. The quantitative estimate of drug-likeness (QED) is 0.908. The fourth-order valence-corrected chi connectivity index (χ4v) is 3.46. The number of piperidine rings is 1. The van der Waals surface area contributed by atoms with Gasteiger partial charge in [0.25, 0.3) is 0 Å². The van der Waals surface area contributed by atoms with E-state index in [0.29, 0.717) is 0 Å². The standard InChI is InChI=1S/C18H27N3/c1-3-12-21-17-6-4-14(2)13-16(17)20-18(21)7-5-15-8-10-19-11-9-15/h4,6,13,15,19H,3,5,7-12H2,1-2H3. The summed E-state index contributed by atoms with van der Waals surface area (Å²) in [6.45, 7) is 7.86. The second kappa shape index (κ2) is 6.61. The molecule has 0 aliphatic carbocycles. The molecule has 0 radical (unpaired) electrons. The van der Waals surface area contributed by atoms with E-state index in [-0.39, 0.29) is 0 Å². The monoisotopic (exact) mass is 285 g/mol. The molecule has 1 fully saturated rings. The Labute approximate surface area is 127 Å². The lowest BCUT2D eigenvalue weighted by Gasteiger charge is -2.22. The number of fused-ring (bicyclic) bond motifs is 1. The van der Waals surface area contributed by atoms with Gasteiger partial charge in [-0.15, -0.1) is 0 Å². The zero-order valence-corrected chi connectivity index (χ0v) is 13.4. The van der Waals surface area contributed by atoms with Crippen molar-refractivity contribution >= 4 is 11.0 Å². The lowest BCUT2D eigenvalue weighted by Crippen LogP contribution is -2.28. The van der Waals surface area contributed by atoms with E-state index in [1.165, 1.54) is 61.2 Å². The molecule has 2 aromatic rings. The van der Waals surface area contributed by atoms with Crippen molar-refractivity contribution in [1.82, 2.24) is 14.9 Å². The molecule has 21 heavy (non-hydrogen) atoms. The number of aromatic nitrogens is 2. The molecule has 114 valence electrons. The number of hydrogen-bond donors (Lipinski definition) is 1. The van der Waals surface area contributed by atoms with Crippen molar-refractivity contribution in [3.05, 3.63) is 29.6 Å². The third-order valence-electron chi connectivity index (χ3n) is 4.66. The highest BCUT2D eigenvalue weighted by molar-refractivity contribution is 5.76. The van der Waals surface area contributed by atoms with Crippen molar-refractivity contribution in [2.75, 3.05) is 13.1 Å². The van der Waals surface area contributed by atoms with Gasteiger partial charge in [0.15, 0.2) is 0 Å². The molecule has 1 N–H and O–H groups in total. The molecule has 0 saturated carbocycles. The Bertz CT molecular complexity index is 594. The molecule has 0 atom stereocenters. The SMILES string of the molecule is CCCn1c(CCC2CCNCC2)nc2cc(C)ccc21. The first-order valence-electron chi connectivity index (χ1n) is 8.44. The smallest absolute Gasteiger partial charge is 0.109 e. The van der Waals surface area contributed by atoms with Gasteiger partial charge < -0.3 is 9.88 Å². The summed E-state index contributed by atoms with van der Waals surface area (Å²) < 4.78 is 2.44. The van der Waals surface area contributed by atoms with Crippen LogP contribution in [0.1, 0.15) is 44.0 Å². The van der Waals surface area contributed by atoms with Crippen molar-refractivity contribution in [2.45, 2.75) is 52.5 Å². The zero-order valence-electron chi connectivity index (χ0n) is 13.4. The average Bonchev–Trinajstić information content (AvgIpc) is 2.84. The van der Waals surface area contributed by atoms with Gasteiger partial charge in [0.05, 0.1) is 11.0 Å². The van der Waals surface area contributed by atoms with Crippen LogP contribution in [-0.4, -0.2) is 22.6 Å². The van der Waals surface area contributed by atoms with Crippen LogP contribution in [-0.2, 0) is 13.0 Å². The van der Waals surface area contributed by atoms with E-state index < -0.39 is 0 Å². The number of nitrogens with zero attached hydrogens (tertiary/aromatic N) is 2. The highest BCUT2D eigenvalue weighted by Gasteiger charge is 2.16. The van der Waals surface area contributed by atoms with Crippen LogP contribution in [0, 0.1) is 12.8 Å². The van der Waals surface area contributed by atoms with Crippen molar-refractivity contribution < 1.29 is 0 Å². The minimum Gasteiger partial charge on any atom is -0.328 e. The Morgan fingerprint density at radius 3 is 2.86 bits per heavy atom. The lowest BCUT2D eigenvalue weighted by molar-refractivity contribution is 0.351. The number of nitrogens with one attached hydrogen (secondary N) is 1. The first-order chi connectivity index (χ1) is 10.3. The highest BCUT2D eigenvalue weighted by atomic mass is 15.1. The molecular formula is C18H27N3. The summed E-state index contributed by atoms with van der Waals surface area (Å²) in [5.41, 5.74) is 3.78. The van der Waals surface area contributed by atoms with Crippen LogP contribution in [0.3, 0.4) is 0 Å². The molecule has 0 bridgehead atoms. The van der Waals surface area contributed by atoms with Crippen molar-refractivity contribution in [2.24, 2.45) is 5.92 Å². The molecule has 0 amide bonds. The van der Waals surface area contributed by atoms with Crippen LogP contribution in [0.5, 0.6) is 0 Å². The first kappa shape index (κ1) is 14.6. The molecule has 3 rings (SSSR count). The topological polar surface area (TPSA) is 29.9 Å². The second-order valence-corrected chi connectivity index (χ2v) is 6.40. The van der Waals surface area contributed by atoms with E-state index in [2.05, 4.69) is 41.9 Å². The summed E-state index contributed by atoms with van der Waals surface area (Å²) in [5.74, 6) is 2.17. The van der Waals surface area contributed by atoms with E-state index in [9.17, 15) is 0 Å². The molecular weight excluding hydrogens is 258 g/mol. The molecule has 3 heteroatoms. The van der Waals surface area contributed by atoms with Crippen LogP contribution in [0.2, 0.25) is 0 Å². The van der Waals surface area contributed by atoms with Crippen LogP contribution in [0.15, 0.2) is 18.2 Å². The normalized spacial score (nSPS) is 16.7. The summed E-state index contributed by atoms with van der Waals surface area (Å²) >= 11 is 0. The molecule has 1 saturated heterocycles. The molecule has 0 spiro atoms. The number of rotatable bonds is 5. The minimum atomic E-state index is 0.878. The molecule has 1 aliphatic rings. The number of hydrogen-bond acceptors (Lipinski definition) is 2. The maximum Gasteiger partial charge on any atom is 0.109 e. The van der Waals surface area contributed by atoms with E-state index in [4.69, 9.17) is 4.98 Å². The van der Waals surface area contributed by atoms with Gasteiger partial charge in [-0.05, 0) is 69.3 Å². The predicted molar refractivity (Wildman–Crippen MR) is 88.7 cm³/mol. The highest BCUT2D eigenvalue weighted by Crippen LogP contribution is 2.22. The van der Waals surface area contributed by atoms with Crippen molar-refractivity contribution in [1.29, 1.82) is 0 Å². The minimum absolute atomic E-state index is 0.878. The molecule has 2 heterocycles. The first-order valence-corrected chi connectivity index (χ1v) is 8.44. The lowest BCUT2D eigenvalue weighted by atomic mass is 9.93. The third kappa shape index (κ3) is 3.29. The molecule has 1 aliphatic heterocycles. The number of benzene rings is 1. The van der Waals surface area contributed by atoms with Gasteiger partial charge in [-0.2, -0.15) is 0 Å². The van der Waals surface area contributed by atoms with E-state index in [1.807, 2.05) is 0 Å². The third-order valence-corrected chi connectivity index (χ3v) is 4.66. The van der Waals surface area contributed by atoms with Gasteiger partial charge in [-0.1, -0.05) is 13.0 Å². The fourth-order valence-electron chi connectivity index (χ4n) is 3.46. The van der Waals surface area contributed by atoms with Crippen LogP contribution < -0.4 is 5.32 Å². The van der Waals surface area contributed by atoms with Crippen LogP contribution in [0.4, 0.5) is 0 Å². The van der Waals surface area contributed by atoms with E-state index in [0.717, 1.165) is 18.9 Å². The summed E-state index contributed by atoms with van der Waals surface area (Å²) in [4.78, 5) is 4.92. The van der Waals surface area contributed by atoms with Crippen LogP contribution >= 0.6 is 0 Å². The second-order valence-electron chi connectivity index (χ2n) is 6.40. The Hall–Kier alpha value is -1.35. The number of aryl methyl sites for hydroxylation is 3. The number of imidazole rings is 1. The maximum atomic E-state index is 4.92. The predicted octanol–water partition coefficient (Wildman–Crippen LogP) is 3.69. The van der Waals surface area contributed by atoms with E-state index >= 15 is 0 Å². The molecule has 1 aromatic heterocycles. The molecule has 3 nitrogen and oxygen atoms in total. The van der Waals surface area contributed by atoms with Gasteiger partial charge in [0, 0.05) is 13.0 Å². The van der Waals surface area contributed by atoms with E-state index in [1.54, 1.807) is 0 Å². The van der Waals surface area contributed by atoms with Gasteiger partial charge in [-0.25, -0.2) is 4.98 Å². The Balaban J connectivity index is 1.80. The largest absolute Gasteiger partial charge is 0.328 e. The Morgan fingerprint density at radius 2 is 2.10 bits per heavy atom. The van der Waals surface area contributed by atoms with Gasteiger partial charge in [0.2, 0.25) is 0 Å². The summed E-state index contributed by atoms with van der Waals surface area (Å²) in [6, 6.07) is 6.66. The summed E-state index contributed by atoms with van der Waals surface area (Å²) in [6.07, 6.45) is 6.23. The maximum absolute atomic E-state index is 4.92. The molecule has 1 aromatic carbocycles. The van der Waals surface area contributed by atoms with Gasteiger partial charge in [-0.3, -0.25) is 0 Å². The average molecular weight is 285 g/mol. The van der Waals surface area contributed by atoms with Crippen LogP contribution in [0.25, 0.3) is 11.0 Å². The van der Waals surface area contributed by atoms with Crippen molar-refractivity contribution in [3.8, 4) is 0 Å². The summed E-state index contributed by atoms with van der Waals surface area (Å²) in [7, 11) is 0. The Kier molecular flexibility index (Phi) is 4.59.